The molecule has 0 saturated heterocycles. The molecule has 0 saturated carbocycles. The van der Waals surface area contributed by atoms with Crippen molar-refractivity contribution in [1.29, 1.82) is 0 Å². The molecule has 28 heavy (non-hydrogen) atoms. The standard InChI is InChI=1S/C21H26N4O3/c1-13-17(8-6-14-5-7-16(22)18(26)11-14)24-19-12-15(9-10-25(13)19)23-20(27)28-21(2,3)4/h5,7,9-12,26H,6,8,22H2,1-4H3,(H,23,27). The predicted octanol–water partition coefficient (Wildman–Crippen LogP) is 4.06. The van der Waals surface area contributed by atoms with Crippen molar-refractivity contribution in [3.63, 3.8) is 0 Å². The smallest absolute Gasteiger partial charge is 0.412 e. The second-order valence-corrected chi connectivity index (χ2v) is 7.81. The van der Waals surface area contributed by atoms with E-state index in [1.807, 2.05) is 56.5 Å². The molecule has 0 spiro atoms. The van der Waals surface area contributed by atoms with Gasteiger partial charge in [-0.15, -0.1) is 0 Å². The van der Waals surface area contributed by atoms with Gasteiger partial charge in [0.25, 0.3) is 0 Å². The molecule has 2 heterocycles. The van der Waals surface area contributed by atoms with Gasteiger partial charge in [0.2, 0.25) is 0 Å². The number of nitrogen functional groups attached to an aromatic ring is 1. The Kier molecular flexibility index (Phi) is 5.18. The maximum Gasteiger partial charge on any atom is 0.412 e. The second-order valence-electron chi connectivity index (χ2n) is 7.81. The van der Waals surface area contributed by atoms with Crippen LogP contribution >= 0.6 is 0 Å². The number of nitrogens with two attached hydrogens (primary N) is 1. The van der Waals surface area contributed by atoms with E-state index in [0.717, 1.165) is 35.4 Å². The van der Waals surface area contributed by atoms with Crippen LogP contribution in [0.2, 0.25) is 0 Å². The number of benzene rings is 1. The number of nitrogens with one attached hydrogen (secondary N) is 1. The summed E-state index contributed by atoms with van der Waals surface area (Å²) in [6.07, 6.45) is 2.85. The second kappa shape index (κ2) is 7.42. The van der Waals surface area contributed by atoms with Crippen molar-refractivity contribution in [1.82, 2.24) is 9.38 Å². The topological polar surface area (TPSA) is 102 Å². The number of carbonyl (C=O) groups excluding carboxylic acids is 1. The highest BCUT2D eigenvalue weighted by atomic mass is 16.6. The Morgan fingerprint density at radius 1 is 1.25 bits per heavy atom. The number of carbonyl (C=O) groups is 1. The van der Waals surface area contributed by atoms with Crippen molar-refractivity contribution in [3.8, 4) is 5.75 Å². The predicted molar refractivity (Wildman–Crippen MR) is 110 cm³/mol. The molecule has 0 unspecified atom stereocenters. The third-order valence-corrected chi connectivity index (χ3v) is 4.35. The average molecular weight is 382 g/mol. The molecule has 0 radical (unpaired) electrons. The molecule has 0 aliphatic carbocycles. The summed E-state index contributed by atoms with van der Waals surface area (Å²) < 4.78 is 7.26. The molecule has 3 rings (SSSR count). The van der Waals surface area contributed by atoms with Crippen molar-refractivity contribution >= 4 is 23.1 Å². The van der Waals surface area contributed by atoms with Gasteiger partial charge in [-0.05, 0) is 64.3 Å². The molecule has 1 amide bonds. The Morgan fingerprint density at radius 2 is 2.00 bits per heavy atom. The number of ether oxygens (including phenoxy) is 1. The fraction of sp³-hybridized carbons (Fsp3) is 0.333. The molecule has 1 aromatic carbocycles. The van der Waals surface area contributed by atoms with Crippen molar-refractivity contribution in [2.75, 3.05) is 11.1 Å². The highest BCUT2D eigenvalue weighted by Crippen LogP contribution is 2.23. The molecule has 7 nitrogen and oxygen atoms in total. The third-order valence-electron chi connectivity index (χ3n) is 4.35. The maximum absolute atomic E-state index is 12.0. The van der Waals surface area contributed by atoms with E-state index in [1.54, 1.807) is 12.1 Å². The molecule has 0 aliphatic rings. The van der Waals surface area contributed by atoms with Crippen LogP contribution in [0.15, 0.2) is 36.5 Å². The lowest BCUT2D eigenvalue weighted by Crippen LogP contribution is -2.27. The molecule has 2 aromatic heterocycles. The van der Waals surface area contributed by atoms with E-state index in [9.17, 15) is 9.90 Å². The Balaban J connectivity index is 1.75. The molecule has 3 aromatic rings. The summed E-state index contributed by atoms with van der Waals surface area (Å²) in [6.45, 7) is 7.47. The van der Waals surface area contributed by atoms with Gasteiger partial charge in [-0.1, -0.05) is 6.07 Å². The number of aromatic hydroxyl groups is 1. The number of fused-ring (bicyclic) bond motifs is 1. The summed E-state index contributed by atoms with van der Waals surface area (Å²) in [7, 11) is 0. The summed E-state index contributed by atoms with van der Waals surface area (Å²) in [4.78, 5) is 16.7. The molecule has 0 bridgehead atoms. The number of aromatic nitrogens is 2. The molecule has 4 N–H and O–H groups in total. The number of aryl methyl sites for hydroxylation is 3. The molecule has 0 aliphatic heterocycles. The van der Waals surface area contributed by atoms with Gasteiger partial charge in [-0.25, -0.2) is 9.78 Å². The quantitative estimate of drug-likeness (QED) is 0.466. The van der Waals surface area contributed by atoms with E-state index in [4.69, 9.17) is 15.5 Å². The van der Waals surface area contributed by atoms with Gasteiger partial charge in [-0.3, -0.25) is 5.32 Å². The highest BCUT2D eigenvalue weighted by molar-refractivity contribution is 5.85. The molecule has 0 fully saturated rings. The lowest BCUT2D eigenvalue weighted by atomic mass is 10.1. The number of imidazole rings is 1. The Bertz CT molecular complexity index is 1020. The fourth-order valence-electron chi connectivity index (χ4n) is 2.96. The number of amides is 1. The van der Waals surface area contributed by atoms with Crippen molar-refractivity contribution in [2.45, 2.75) is 46.1 Å². The summed E-state index contributed by atoms with van der Waals surface area (Å²) in [6, 6.07) is 8.92. The van der Waals surface area contributed by atoms with Crippen LogP contribution in [0.3, 0.4) is 0 Å². The van der Waals surface area contributed by atoms with Gasteiger partial charge in [0, 0.05) is 23.6 Å². The van der Waals surface area contributed by atoms with E-state index in [1.165, 1.54) is 0 Å². The lowest BCUT2D eigenvalue weighted by Gasteiger charge is -2.19. The van der Waals surface area contributed by atoms with E-state index < -0.39 is 11.7 Å². The number of anilines is 2. The van der Waals surface area contributed by atoms with Gasteiger partial charge in [0.05, 0.1) is 11.4 Å². The first-order chi connectivity index (χ1) is 13.1. The summed E-state index contributed by atoms with van der Waals surface area (Å²) in [5, 5.41) is 12.5. The van der Waals surface area contributed by atoms with Gasteiger partial charge in [-0.2, -0.15) is 0 Å². The first-order valence-electron chi connectivity index (χ1n) is 9.17. The largest absolute Gasteiger partial charge is 0.506 e. The molecular weight excluding hydrogens is 356 g/mol. The normalized spacial score (nSPS) is 11.6. The minimum absolute atomic E-state index is 0.0992. The zero-order valence-corrected chi connectivity index (χ0v) is 16.6. The van der Waals surface area contributed by atoms with E-state index in [-0.39, 0.29) is 5.75 Å². The minimum Gasteiger partial charge on any atom is -0.506 e. The number of phenols is 1. The number of hydrogen-bond acceptors (Lipinski definition) is 5. The van der Waals surface area contributed by atoms with E-state index in [0.29, 0.717) is 11.4 Å². The van der Waals surface area contributed by atoms with E-state index in [2.05, 4.69) is 5.32 Å². The number of pyridine rings is 1. The molecule has 148 valence electrons. The van der Waals surface area contributed by atoms with Crippen LogP contribution in [-0.4, -0.2) is 26.2 Å². The summed E-state index contributed by atoms with van der Waals surface area (Å²) >= 11 is 0. The van der Waals surface area contributed by atoms with Crippen LogP contribution in [0.1, 0.15) is 37.7 Å². The fourth-order valence-corrected chi connectivity index (χ4v) is 2.96. The Labute approximate surface area is 164 Å². The van der Waals surface area contributed by atoms with Crippen LogP contribution in [0.25, 0.3) is 5.65 Å². The van der Waals surface area contributed by atoms with Gasteiger partial charge >= 0.3 is 6.09 Å². The summed E-state index contributed by atoms with van der Waals surface area (Å²) in [5.74, 6) is 0.0992. The Hall–Kier alpha value is -3.22. The maximum atomic E-state index is 12.0. The van der Waals surface area contributed by atoms with Crippen molar-refractivity contribution in [3.05, 3.63) is 53.5 Å². The minimum atomic E-state index is -0.554. The van der Waals surface area contributed by atoms with Gasteiger partial charge in [0.15, 0.2) is 0 Å². The molecule has 0 atom stereocenters. The number of phenolic OH excluding ortho intramolecular Hbond substituents is 1. The first kappa shape index (κ1) is 19.5. The van der Waals surface area contributed by atoms with E-state index >= 15 is 0 Å². The first-order valence-corrected chi connectivity index (χ1v) is 9.17. The van der Waals surface area contributed by atoms with Crippen LogP contribution in [0.5, 0.6) is 5.75 Å². The van der Waals surface area contributed by atoms with Crippen LogP contribution in [0.4, 0.5) is 16.2 Å². The highest BCUT2D eigenvalue weighted by Gasteiger charge is 2.17. The number of rotatable bonds is 4. The van der Waals surface area contributed by atoms with Crippen LogP contribution in [-0.2, 0) is 17.6 Å². The molecule has 7 heteroatoms. The van der Waals surface area contributed by atoms with Crippen LogP contribution in [0, 0.1) is 6.92 Å². The Morgan fingerprint density at radius 3 is 2.68 bits per heavy atom. The number of nitrogens with zero attached hydrogens (tertiary/aromatic N) is 2. The molecular formula is C21H26N4O3. The van der Waals surface area contributed by atoms with Gasteiger partial charge < -0.3 is 20.0 Å². The zero-order valence-electron chi connectivity index (χ0n) is 16.6. The monoisotopic (exact) mass is 382 g/mol. The summed E-state index contributed by atoms with van der Waals surface area (Å²) in [5.41, 5.74) is 9.85. The van der Waals surface area contributed by atoms with Crippen molar-refractivity contribution < 1.29 is 14.6 Å². The van der Waals surface area contributed by atoms with Gasteiger partial charge in [0.1, 0.15) is 17.0 Å². The third kappa shape index (κ3) is 4.54. The van der Waals surface area contributed by atoms with Crippen LogP contribution < -0.4 is 11.1 Å². The lowest BCUT2D eigenvalue weighted by molar-refractivity contribution is 0.0636. The SMILES string of the molecule is Cc1c(CCc2ccc(N)c(O)c2)nc2cc(NC(=O)OC(C)(C)C)ccn12. The average Bonchev–Trinajstić information content (AvgIpc) is 2.89. The number of hydrogen-bond donors (Lipinski definition) is 3. The van der Waals surface area contributed by atoms with Crippen molar-refractivity contribution in [2.24, 2.45) is 0 Å². The zero-order chi connectivity index (χ0) is 20.5.